The summed E-state index contributed by atoms with van der Waals surface area (Å²) in [5.41, 5.74) is 1.29. The Kier molecular flexibility index (Phi) is 5.81. The number of benzene rings is 1. The molecule has 0 bridgehead atoms. The number of urea groups is 1. The lowest BCUT2D eigenvalue weighted by Gasteiger charge is -2.30. The van der Waals surface area contributed by atoms with Crippen LogP contribution in [0.1, 0.15) is 37.7 Å². The van der Waals surface area contributed by atoms with Crippen molar-refractivity contribution in [2.45, 2.75) is 38.1 Å². The number of nitrogens with zero attached hydrogens (tertiary/aromatic N) is 1. The molecule has 120 valence electrons. The Bertz CT molecular complexity index is 504. The van der Waals surface area contributed by atoms with E-state index in [2.05, 4.69) is 29.7 Å². The second-order valence-electron chi connectivity index (χ2n) is 6.01. The predicted octanol–water partition coefficient (Wildman–Crippen LogP) is 2.10. The molecule has 2 atom stereocenters. The Balaban J connectivity index is 1.67. The molecule has 5 heteroatoms. The molecule has 5 nitrogen and oxygen atoms in total. The first-order valence-corrected chi connectivity index (χ1v) is 7.89. The molecule has 1 fully saturated rings. The Morgan fingerprint density at radius 1 is 1.36 bits per heavy atom. The van der Waals surface area contributed by atoms with Gasteiger partial charge in [0, 0.05) is 32.6 Å². The number of rotatable bonds is 5. The Morgan fingerprint density at radius 3 is 2.77 bits per heavy atom. The van der Waals surface area contributed by atoms with Gasteiger partial charge in [0.15, 0.2) is 0 Å². The minimum atomic E-state index is -0.145. The van der Waals surface area contributed by atoms with E-state index in [1.807, 2.05) is 18.2 Å². The van der Waals surface area contributed by atoms with Gasteiger partial charge in [-0.1, -0.05) is 37.3 Å². The second kappa shape index (κ2) is 7.82. The second-order valence-corrected chi connectivity index (χ2v) is 6.01. The average Bonchev–Trinajstić information content (AvgIpc) is 2.51. The summed E-state index contributed by atoms with van der Waals surface area (Å²) in [6.07, 6.45) is 2.13. The topological polar surface area (TPSA) is 61.4 Å². The molecule has 0 radical (unpaired) electrons. The van der Waals surface area contributed by atoms with Gasteiger partial charge in [-0.05, 0) is 24.3 Å². The molecule has 1 aromatic rings. The van der Waals surface area contributed by atoms with Gasteiger partial charge in [-0.25, -0.2) is 4.79 Å². The van der Waals surface area contributed by atoms with Crippen LogP contribution in [0.3, 0.4) is 0 Å². The van der Waals surface area contributed by atoms with Crippen molar-refractivity contribution < 1.29 is 9.59 Å². The first kappa shape index (κ1) is 16.3. The molecule has 1 aromatic carbocycles. The van der Waals surface area contributed by atoms with Gasteiger partial charge in [0.1, 0.15) is 0 Å². The van der Waals surface area contributed by atoms with Crippen molar-refractivity contribution in [3.05, 3.63) is 35.9 Å². The van der Waals surface area contributed by atoms with E-state index in [1.165, 1.54) is 5.56 Å². The van der Waals surface area contributed by atoms with Crippen LogP contribution in [-0.2, 0) is 4.79 Å². The van der Waals surface area contributed by atoms with Gasteiger partial charge in [-0.2, -0.15) is 0 Å². The van der Waals surface area contributed by atoms with Gasteiger partial charge >= 0.3 is 6.03 Å². The van der Waals surface area contributed by atoms with E-state index < -0.39 is 0 Å². The van der Waals surface area contributed by atoms with Crippen molar-refractivity contribution in [2.24, 2.45) is 0 Å². The largest absolute Gasteiger partial charge is 0.344 e. The summed E-state index contributed by atoms with van der Waals surface area (Å²) in [5, 5.41) is 5.84. The zero-order valence-electron chi connectivity index (χ0n) is 13.3. The zero-order valence-corrected chi connectivity index (χ0v) is 13.3. The predicted molar refractivity (Wildman–Crippen MR) is 86.7 cm³/mol. The minimum absolute atomic E-state index is 0.0502. The molecule has 0 unspecified atom stereocenters. The fraction of sp³-hybridized carbons (Fsp3) is 0.529. The van der Waals surface area contributed by atoms with Crippen molar-refractivity contribution in [2.75, 3.05) is 20.1 Å². The van der Waals surface area contributed by atoms with Gasteiger partial charge in [0.25, 0.3) is 0 Å². The maximum atomic E-state index is 11.9. The number of likely N-dealkylation sites (N-methyl/N-ethyl adjacent to an activating group) is 1. The van der Waals surface area contributed by atoms with E-state index in [1.54, 1.807) is 11.9 Å². The van der Waals surface area contributed by atoms with Crippen molar-refractivity contribution in [1.29, 1.82) is 0 Å². The normalized spacial score (nSPS) is 19.6. The van der Waals surface area contributed by atoms with E-state index in [0.717, 1.165) is 12.8 Å². The lowest BCUT2D eigenvalue weighted by molar-refractivity contribution is -0.132. The maximum Gasteiger partial charge on any atom is 0.315 e. The van der Waals surface area contributed by atoms with Gasteiger partial charge in [-0.3, -0.25) is 4.79 Å². The van der Waals surface area contributed by atoms with Crippen LogP contribution in [0.15, 0.2) is 30.3 Å². The highest BCUT2D eigenvalue weighted by Crippen LogP contribution is 2.17. The number of nitrogens with one attached hydrogen (secondary N) is 2. The Hall–Kier alpha value is -2.04. The molecule has 1 aliphatic rings. The molecule has 2 rings (SSSR count). The van der Waals surface area contributed by atoms with Crippen molar-refractivity contribution in [3.63, 3.8) is 0 Å². The van der Waals surface area contributed by atoms with Crippen molar-refractivity contribution >= 4 is 11.9 Å². The highest BCUT2D eigenvalue weighted by molar-refractivity contribution is 5.78. The number of carbonyl (C=O) groups excluding carboxylic acids is 2. The Morgan fingerprint density at radius 2 is 2.09 bits per heavy atom. The summed E-state index contributed by atoms with van der Waals surface area (Å²) in [4.78, 5) is 25.0. The van der Waals surface area contributed by atoms with Gasteiger partial charge in [-0.15, -0.1) is 0 Å². The quantitative estimate of drug-likeness (QED) is 0.875. The van der Waals surface area contributed by atoms with Crippen LogP contribution in [0.4, 0.5) is 4.79 Å². The summed E-state index contributed by atoms with van der Waals surface area (Å²) in [6.45, 7) is 3.40. The molecular weight excluding hydrogens is 278 g/mol. The van der Waals surface area contributed by atoms with Crippen LogP contribution < -0.4 is 10.6 Å². The first-order valence-electron chi connectivity index (χ1n) is 7.89. The first-order chi connectivity index (χ1) is 10.6. The van der Waals surface area contributed by atoms with E-state index in [9.17, 15) is 9.59 Å². The third kappa shape index (κ3) is 4.76. The molecule has 0 aromatic heterocycles. The summed E-state index contributed by atoms with van der Waals surface area (Å²) in [5.74, 6) is 0.565. The smallest absolute Gasteiger partial charge is 0.315 e. The molecule has 1 aliphatic heterocycles. The van der Waals surface area contributed by atoms with Crippen LogP contribution in [0.2, 0.25) is 0 Å². The third-order valence-electron chi connectivity index (χ3n) is 4.19. The lowest BCUT2D eigenvalue weighted by Crippen LogP contribution is -2.51. The van der Waals surface area contributed by atoms with Crippen LogP contribution in [-0.4, -0.2) is 43.0 Å². The monoisotopic (exact) mass is 303 g/mol. The van der Waals surface area contributed by atoms with Crippen LogP contribution in [0.25, 0.3) is 0 Å². The maximum absolute atomic E-state index is 11.9. The number of amides is 3. The average molecular weight is 303 g/mol. The van der Waals surface area contributed by atoms with Gasteiger partial charge in [0.05, 0.1) is 0 Å². The van der Waals surface area contributed by atoms with Crippen LogP contribution in [0, 0.1) is 0 Å². The molecule has 1 saturated heterocycles. The molecular formula is C17H25N3O2. The molecule has 0 saturated carbocycles. The van der Waals surface area contributed by atoms with Crippen LogP contribution >= 0.6 is 0 Å². The fourth-order valence-electron chi connectivity index (χ4n) is 2.72. The summed E-state index contributed by atoms with van der Waals surface area (Å²) in [7, 11) is 1.77. The summed E-state index contributed by atoms with van der Waals surface area (Å²) >= 11 is 0. The van der Waals surface area contributed by atoms with E-state index in [4.69, 9.17) is 0 Å². The molecule has 2 N–H and O–H groups in total. The van der Waals surface area contributed by atoms with Crippen molar-refractivity contribution in [1.82, 2.24) is 15.5 Å². The highest BCUT2D eigenvalue weighted by Gasteiger charge is 2.23. The van der Waals surface area contributed by atoms with Gasteiger partial charge < -0.3 is 15.5 Å². The highest BCUT2D eigenvalue weighted by atomic mass is 16.2. The van der Waals surface area contributed by atoms with Crippen molar-refractivity contribution in [3.8, 4) is 0 Å². The SMILES string of the molecule is C[C@@H](CCNC(=O)N[C@@H]1CCC(=O)N(C)C1)c1ccccc1. The standard InChI is InChI=1S/C17H25N3O2/c1-13(14-6-4-3-5-7-14)10-11-18-17(22)19-15-8-9-16(21)20(2)12-15/h3-7,13,15H,8-12H2,1-2H3,(H2,18,19,22)/t13-,15+/m0/s1. The summed E-state index contributed by atoms with van der Waals surface area (Å²) < 4.78 is 0. The van der Waals surface area contributed by atoms with Crippen LogP contribution in [0.5, 0.6) is 0 Å². The molecule has 0 spiro atoms. The van der Waals surface area contributed by atoms with E-state index >= 15 is 0 Å². The molecule has 0 aliphatic carbocycles. The number of hydrogen-bond donors (Lipinski definition) is 2. The third-order valence-corrected chi connectivity index (χ3v) is 4.19. The number of hydrogen-bond acceptors (Lipinski definition) is 2. The van der Waals surface area contributed by atoms with E-state index in [0.29, 0.717) is 25.4 Å². The fourth-order valence-corrected chi connectivity index (χ4v) is 2.72. The zero-order chi connectivity index (χ0) is 15.9. The van der Waals surface area contributed by atoms with E-state index in [-0.39, 0.29) is 18.0 Å². The minimum Gasteiger partial charge on any atom is -0.344 e. The van der Waals surface area contributed by atoms with Gasteiger partial charge in [0.2, 0.25) is 5.91 Å². The molecule has 1 heterocycles. The lowest BCUT2D eigenvalue weighted by atomic mass is 9.98. The number of piperidine rings is 1. The number of carbonyl (C=O) groups is 2. The number of likely N-dealkylation sites (tertiary alicyclic amines) is 1. The summed E-state index contributed by atoms with van der Waals surface area (Å²) in [6, 6.07) is 10.2. The molecule has 22 heavy (non-hydrogen) atoms. The Labute approximate surface area is 132 Å². The molecule has 3 amide bonds.